The predicted octanol–water partition coefficient (Wildman–Crippen LogP) is 3.43. The molecule has 1 N–H and O–H groups in total. The highest BCUT2D eigenvalue weighted by atomic mass is 16.5. The van der Waals surface area contributed by atoms with Gasteiger partial charge in [-0.1, -0.05) is 6.07 Å². The molecule has 2 aromatic carbocycles. The standard InChI is InChI=1S/C21H26N2O4/c1-25-18-8-4-6-15(12-18)21(24)23-11-5-7-17(14-23)22-16-9-10-19(26-2)20(13-16)27-3/h4,6,8-10,12-13,17,22H,5,7,11,14H2,1-3H3/t17-/m1/s1. The SMILES string of the molecule is COc1cccc(C(=O)N2CCC[C@@H](Nc3ccc(OC)c(OC)c3)C2)c1. The molecule has 1 atom stereocenters. The number of amides is 1. The van der Waals surface area contributed by atoms with Crippen LogP contribution >= 0.6 is 0 Å². The van der Waals surface area contributed by atoms with Crippen LogP contribution in [0.4, 0.5) is 5.69 Å². The summed E-state index contributed by atoms with van der Waals surface area (Å²) in [4.78, 5) is 14.8. The minimum atomic E-state index is 0.0349. The second kappa shape index (κ2) is 8.66. The van der Waals surface area contributed by atoms with E-state index in [1.807, 2.05) is 41.3 Å². The van der Waals surface area contributed by atoms with Gasteiger partial charge in [-0.15, -0.1) is 0 Å². The van der Waals surface area contributed by atoms with Gasteiger partial charge in [0.05, 0.1) is 21.3 Å². The summed E-state index contributed by atoms with van der Waals surface area (Å²) in [5.74, 6) is 2.11. The van der Waals surface area contributed by atoms with Crippen molar-refractivity contribution in [3.05, 3.63) is 48.0 Å². The highest BCUT2D eigenvalue weighted by Gasteiger charge is 2.25. The molecule has 2 aromatic rings. The molecule has 0 aromatic heterocycles. The van der Waals surface area contributed by atoms with E-state index in [9.17, 15) is 4.79 Å². The Balaban J connectivity index is 1.68. The number of hydrogen-bond acceptors (Lipinski definition) is 5. The van der Waals surface area contributed by atoms with Crippen molar-refractivity contribution in [3.63, 3.8) is 0 Å². The van der Waals surface area contributed by atoms with Crippen LogP contribution in [0.3, 0.4) is 0 Å². The Morgan fingerprint density at radius 3 is 2.59 bits per heavy atom. The zero-order valence-corrected chi connectivity index (χ0v) is 16.0. The van der Waals surface area contributed by atoms with E-state index < -0.39 is 0 Å². The molecule has 1 amide bonds. The number of piperidine rings is 1. The van der Waals surface area contributed by atoms with E-state index in [0.717, 1.165) is 25.1 Å². The van der Waals surface area contributed by atoms with Crippen molar-refractivity contribution in [2.24, 2.45) is 0 Å². The molecule has 0 bridgehead atoms. The Hall–Kier alpha value is -2.89. The molecule has 0 radical (unpaired) electrons. The largest absolute Gasteiger partial charge is 0.497 e. The van der Waals surface area contributed by atoms with Gasteiger partial charge in [0.15, 0.2) is 11.5 Å². The Morgan fingerprint density at radius 1 is 1.04 bits per heavy atom. The third kappa shape index (κ3) is 4.45. The third-order valence-electron chi connectivity index (χ3n) is 4.78. The summed E-state index contributed by atoms with van der Waals surface area (Å²) in [6, 6.07) is 13.2. The fourth-order valence-electron chi connectivity index (χ4n) is 3.38. The number of methoxy groups -OCH3 is 3. The summed E-state index contributed by atoms with van der Waals surface area (Å²) < 4.78 is 15.9. The molecule has 0 unspecified atom stereocenters. The minimum Gasteiger partial charge on any atom is -0.497 e. The number of likely N-dealkylation sites (tertiary alicyclic amines) is 1. The first-order valence-electron chi connectivity index (χ1n) is 9.06. The van der Waals surface area contributed by atoms with Crippen LogP contribution in [-0.2, 0) is 0 Å². The maximum atomic E-state index is 12.9. The lowest BCUT2D eigenvalue weighted by atomic mass is 10.0. The van der Waals surface area contributed by atoms with E-state index in [1.54, 1.807) is 27.4 Å². The topological polar surface area (TPSA) is 60.0 Å². The lowest BCUT2D eigenvalue weighted by molar-refractivity contribution is 0.0714. The lowest BCUT2D eigenvalue weighted by Crippen LogP contribution is -2.45. The van der Waals surface area contributed by atoms with Crippen LogP contribution in [0.15, 0.2) is 42.5 Å². The second-order valence-corrected chi connectivity index (χ2v) is 6.54. The van der Waals surface area contributed by atoms with E-state index in [2.05, 4.69) is 5.32 Å². The van der Waals surface area contributed by atoms with E-state index in [1.165, 1.54) is 0 Å². The molecular formula is C21H26N2O4. The number of nitrogens with one attached hydrogen (secondary N) is 1. The minimum absolute atomic E-state index is 0.0349. The Bertz CT molecular complexity index is 794. The maximum absolute atomic E-state index is 12.9. The van der Waals surface area contributed by atoms with Gasteiger partial charge in [0.1, 0.15) is 5.75 Å². The average Bonchev–Trinajstić information content (AvgIpc) is 2.73. The molecule has 1 heterocycles. The van der Waals surface area contributed by atoms with Crippen molar-refractivity contribution in [3.8, 4) is 17.2 Å². The highest BCUT2D eigenvalue weighted by molar-refractivity contribution is 5.94. The first-order valence-corrected chi connectivity index (χ1v) is 9.06. The van der Waals surface area contributed by atoms with Crippen LogP contribution in [0.2, 0.25) is 0 Å². The number of ether oxygens (including phenoxy) is 3. The molecule has 3 rings (SSSR count). The number of hydrogen-bond donors (Lipinski definition) is 1. The van der Waals surface area contributed by atoms with E-state index in [4.69, 9.17) is 14.2 Å². The number of rotatable bonds is 6. The molecule has 0 aliphatic carbocycles. The predicted molar refractivity (Wildman–Crippen MR) is 105 cm³/mol. The van der Waals surface area contributed by atoms with Gasteiger partial charge in [0.2, 0.25) is 0 Å². The van der Waals surface area contributed by atoms with Crippen molar-refractivity contribution < 1.29 is 19.0 Å². The van der Waals surface area contributed by atoms with E-state index >= 15 is 0 Å². The zero-order valence-electron chi connectivity index (χ0n) is 16.0. The molecule has 144 valence electrons. The van der Waals surface area contributed by atoms with Crippen molar-refractivity contribution >= 4 is 11.6 Å². The third-order valence-corrected chi connectivity index (χ3v) is 4.78. The van der Waals surface area contributed by atoms with E-state index in [0.29, 0.717) is 29.4 Å². The van der Waals surface area contributed by atoms with Gasteiger partial charge in [0, 0.05) is 36.4 Å². The first kappa shape index (κ1) is 18.9. The Morgan fingerprint density at radius 2 is 1.85 bits per heavy atom. The van der Waals surface area contributed by atoms with Gasteiger partial charge in [0.25, 0.3) is 5.91 Å². The Labute approximate surface area is 160 Å². The van der Waals surface area contributed by atoms with Crippen LogP contribution in [0, 0.1) is 0 Å². The maximum Gasteiger partial charge on any atom is 0.254 e. The van der Waals surface area contributed by atoms with E-state index in [-0.39, 0.29) is 11.9 Å². The number of nitrogens with zero attached hydrogens (tertiary/aromatic N) is 1. The molecule has 1 saturated heterocycles. The van der Waals surface area contributed by atoms with Crippen molar-refractivity contribution in [1.29, 1.82) is 0 Å². The van der Waals surface area contributed by atoms with Gasteiger partial charge in [-0.3, -0.25) is 4.79 Å². The molecule has 0 spiro atoms. The molecule has 0 saturated carbocycles. The number of carbonyl (C=O) groups is 1. The summed E-state index contributed by atoms with van der Waals surface area (Å²) in [6.07, 6.45) is 1.97. The van der Waals surface area contributed by atoms with Crippen LogP contribution in [0.5, 0.6) is 17.2 Å². The van der Waals surface area contributed by atoms with Crippen LogP contribution in [0.1, 0.15) is 23.2 Å². The average molecular weight is 370 g/mol. The molecular weight excluding hydrogens is 344 g/mol. The summed E-state index contributed by atoms with van der Waals surface area (Å²) in [7, 11) is 4.85. The molecule has 6 heteroatoms. The summed E-state index contributed by atoms with van der Waals surface area (Å²) in [5, 5.41) is 3.51. The van der Waals surface area contributed by atoms with Crippen molar-refractivity contribution in [2.45, 2.75) is 18.9 Å². The van der Waals surface area contributed by atoms with Crippen LogP contribution < -0.4 is 19.5 Å². The molecule has 27 heavy (non-hydrogen) atoms. The highest BCUT2D eigenvalue weighted by Crippen LogP contribution is 2.30. The van der Waals surface area contributed by atoms with Gasteiger partial charge in [-0.2, -0.15) is 0 Å². The van der Waals surface area contributed by atoms with Gasteiger partial charge >= 0.3 is 0 Å². The summed E-state index contributed by atoms with van der Waals surface area (Å²) in [5.41, 5.74) is 1.61. The normalized spacial score (nSPS) is 16.6. The zero-order chi connectivity index (χ0) is 19.2. The smallest absolute Gasteiger partial charge is 0.254 e. The van der Waals surface area contributed by atoms with Crippen LogP contribution in [0.25, 0.3) is 0 Å². The second-order valence-electron chi connectivity index (χ2n) is 6.54. The number of benzene rings is 2. The van der Waals surface area contributed by atoms with Crippen LogP contribution in [-0.4, -0.2) is 51.3 Å². The van der Waals surface area contributed by atoms with Gasteiger partial charge < -0.3 is 24.4 Å². The Kier molecular flexibility index (Phi) is 6.06. The first-order chi connectivity index (χ1) is 13.1. The fraction of sp³-hybridized carbons (Fsp3) is 0.381. The summed E-state index contributed by atoms with van der Waals surface area (Å²) >= 11 is 0. The monoisotopic (exact) mass is 370 g/mol. The summed E-state index contributed by atoms with van der Waals surface area (Å²) in [6.45, 7) is 1.42. The van der Waals surface area contributed by atoms with Gasteiger partial charge in [-0.25, -0.2) is 0 Å². The molecule has 6 nitrogen and oxygen atoms in total. The number of carbonyl (C=O) groups excluding carboxylic acids is 1. The van der Waals surface area contributed by atoms with Crippen molar-refractivity contribution in [2.75, 3.05) is 39.7 Å². The molecule has 1 aliphatic heterocycles. The van der Waals surface area contributed by atoms with Gasteiger partial charge in [-0.05, 0) is 43.2 Å². The lowest BCUT2D eigenvalue weighted by Gasteiger charge is -2.34. The van der Waals surface area contributed by atoms with Crippen molar-refractivity contribution in [1.82, 2.24) is 4.90 Å². The fourth-order valence-corrected chi connectivity index (χ4v) is 3.38. The molecule has 1 fully saturated rings. The quantitative estimate of drug-likeness (QED) is 0.844. The number of anilines is 1. The molecule has 1 aliphatic rings.